The van der Waals surface area contributed by atoms with Crippen LogP contribution in [0.1, 0.15) is 18.4 Å². The molecule has 0 aliphatic carbocycles. The highest BCUT2D eigenvalue weighted by Gasteiger charge is 2.23. The molecule has 2 aromatic heterocycles. The Morgan fingerprint density at radius 3 is 2.74 bits per heavy atom. The third kappa shape index (κ3) is 4.58. The Balaban J connectivity index is 1.52. The number of nitrogens with one attached hydrogen (secondary N) is 2. The van der Waals surface area contributed by atoms with E-state index in [2.05, 4.69) is 25.6 Å². The summed E-state index contributed by atoms with van der Waals surface area (Å²) in [4.78, 5) is 13.5. The van der Waals surface area contributed by atoms with E-state index in [1.807, 2.05) is 4.57 Å². The molecule has 2 aromatic carbocycles. The molecule has 176 valence electrons. The van der Waals surface area contributed by atoms with Crippen LogP contribution in [0.3, 0.4) is 0 Å². The number of piperidine rings is 1. The summed E-state index contributed by atoms with van der Waals surface area (Å²) in [7, 11) is 0. The molecule has 2 N–H and O–H groups in total. The molecule has 5 rings (SSSR count). The molecule has 3 heterocycles. The zero-order chi connectivity index (χ0) is 23.7. The maximum atomic E-state index is 14.8. The van der Waals surface area contributed by atoms with Gasteiger partial charge in [0, 0.05) is 13.1 Å². The molecule has 0 bridgehead atoms. The quantitative estimate of drug-likeness (QED) is 0.393. The van der Waals surface area contributed by atoms with Gasteiger partial charge in [0.15, 0.2) is 17.3 Å². The molecule has 4 aromatic rings. The van der Waals surface area contributed by atoms with E-state index >= 15 is 0 Å². The molecule has 6 nitrogen and oxygen atoms in total. The molecule has 0 spiro atoms. The molecule has 0 unspecified atom stereocenters. The van der Waals surface area contributed by atoms with Crippen molar-refractivity contribution < 1.29 is 13.2 Å². The van der Waals surface area contributed by atoms with E-state index in [0.29, 0.717) is 41.0 Å². The molecule has 1 aliphatic rings. The average molecular weight is 487 g/mol. The Kier molecular flexibility index (Phi) is 6.38. The number of hydrogen-bond donors (Lipinski definition) is 2. The second-order valence-corrected chi connectivity index (χ2v) is 8.77. The summed E-state index contributed by atoms with van der Waals surface area (Å²) in [6, 6.07) is 8.23. The number of fused-ring (bicyclic) bond motifs is 1. The van der Waals surface area contributed by atoms with Gasteiger partial charge < -0.3 is 15.2 Å². The van der Waals surface area contributed by atoms with Crippen molar-refractivity contribution >= 4 is 28.7 Å². The van der Waals surface area contributed by atoms with Crippen molar-refractivity contribution in [1.29, 1.82) is 0 Å². The van der Waals surface area contributed by atoms with Gasteiger partial charge in [-0.3, -0.25) is 0 Å². The third-order valence-electron chi connectivity index (χ3n) is 5.95. The minimum absolute atomic E-state index is 0.204. The van der Waals surface area contributed by atoms with Gasteiger partial charge in [-0.1, -0.05) is 23.7 Å². The van der Waals surface area contributed by atoms with Crippen LogP contribution in [0.2, 0.25) is 5.02 Å². The van der Waals surface area contributed by atoms with Crippen molar-refractivity contribution in [2.24, 2.45) is 5.92 Å². The van der Waals surface area contributed by atoms with Crippen LogP contribution in [0.15, 0.2) is 42.6 Å². The molecular weight excluding hydrogens is 465 g/mol. The third-order valence-corrected chi connectivity index (χ3v) is 6.26. The minimum atomic E-state index is -0.916. The Morgan fingerprint density at radius 1 is 1.09 bits per heavy atom. The van der Waals surface area contributed by atoms with Crippen LogP contribution in [0.5, 0.6) is 0 Å². The average Bonchev–Trinajstić information content (AvgIpc) is 3.17. The molecule has 1 fully saturated rings. The van der Waals surface area contributed by atoms with E-state index in [-0.39, 0.29) is 17.1 Å². The van der Waals surface area contributed by atoms with Crippen molar-refractivity contribution in [1.82, 2.24) is 24.8 Å². The lowest BCUT2D eigenvalue weighted by atomic mass is 9.99. The number of rotatable bonds is 6. The Bertz CT molecular complexity index is 1320. The van der Waals surface area contributed by atoms with Crippen molar-refractivity contribution in [3.05, 3.63) is 70.6 Å². The van der Waals surface area contributed by atoms with Gasteiger partial charge in [-0.2, -0.15) is 4.98 Å². The first-order valence-electron chi connectivity index (χ1n) is 11.1. The van der Waals surface area contributed by atoms with Gasteiger partial charge in [0.2, 0.25) is 5.95 Å². The van der Waals surface area contributed by atoms with E-state index in [4.69, 9.17) is 11.6 Å². The van der Waals surface area contributed by atoms with E-state index < -0.39 is 17.5 Å². The van der Waals surface area contributed by atoms with E-state index in [0.717, 1.165) is 38.1 Å². The normalized spacial score (nSPS) is 16.2. The van der Waals surface area contributed by atoms with Crippen molar-refractivity contribution in [3.8, 4) is 11.4 Å². The molecule has 1 saturated heterocycles. The first-order valence-corrected chi connectivity index (χ1v) is 11.4. The fourth-order valence-corrected chi connectivity index (χ4v) is 4.50. The topological polar surface area (TPSA) is 67.7 Å². The highest BCUT2D eigenvalue weighted by atomic mass is 35.5. The number of nitrogens with zero attached hydrogens (tertiary/aromatic N) is 4. The van der Waals surface area contributed by atoms with Crippen LogP contribution in [-0.2, 0) is 13.1 Å². The molecule has 1 aliphatic heterocycles. The van der Waals surface area contributed by atoms with Crippen LogP contribution >= 0.6 is 11.6 Å². The standard InChI is InChI=1S/C24H22ClF3N6/c25-16-4-1-5-18(27)21(16)23-32-20-12-31-24(30-11-14-6-7-17(26)19(28)9-14)33-22(20)34(23)13-15-3-2-8-29-10-15/h1,4-7,9,12,15,29H,2-3,8,10-11,13H2,(H,30,31,33)/t15-/m1/s1. The Hall–Kier alpha value is -3.17. The first-order chi connectivity index (χ1) is 16.5. The predicted octanol–water partition coefficient (Wildman–Crippen LogP) is 5.18. The lowest BCUT2D eigenvalue weighted by molar-refractivity contribution is 0.341. The van der Waals surface area contributed by atoms with Gasteiger partial charge in [0.1, 0.15) is 17.2 Å². The van der Waals surface area contributed by atoms with Crippen LogP contribution in [-0.4, -0.2) is 32.6 Å². The highest BCUT2D eigenvalue weighted by molar-refractivity contribution is 6.33. The Morgan fingerprint density at radius 2 is 1.97 bits per heavy atom. The second kappa shape index (κ2) is 9.60. The highest BCUT2D eigenvalue weighted by Crippen LogP contribution is 2.33. The van der Waals surface area contributed by atoms with Crippen molar-refractivity contribution in [2.45, 2.75) is 25.9 Å². The smallest absolute Gasteiger partial charge is 0.225 e. The number of anilines is 1. The van der Waals surface area contributed by atoms with Crippen molar-refractivity contribution in [3.63, 3.8) is 0 Å². The van der Waals surface area contributed by atoms with E-state index in [1.165, 1.54) is 12.1 Å². The summed E-state index contributed by atoms with van der Waals surface area (Å²) in [5, 5.41) is 6.70. The van der Waals surface area contributed by atoms with Crippen LogP contribution in [0, 0.1) is 23.4 Å². The van der Waals surface area contributed by atoms with Gasteiger partial charge in [0.25, 0.3) is 0 Å². The predicted molar refractivity (Wildman–Crippen MR) is 125 cm³/mol. The maximum Gasteiger partial charge on any atom is 0.225 e. The number of imidazole rings is 1. The van der Waals surface area contributed by atoms with Crippen LogP contribution in [0.25, 0.3) is 22.6 Å². The number of halogens is 4. The number of hydrogen-bond acceptors (Lipinski definition) is 5. The lowest BCUT2D eigenvalue weighted by Crippen LogP contribution is -2.32. The molecule has 0 saturated carbocycles. The summed E-state index contributed by atoms with van der Waals surface area (Å²) in [5.41, 5.74) is 1.82. The Labute approximate surface area is 199 Å². The van der Waals surface area contributed by atoms with E-state index in [9.17, 15) is 13.2 Å². The number of aromatic nitrogens is 4. The summed E-state index contributed by atoms with van der Waals surface area (Å²) in [6.45, 7) is 2.61. The van der Waals surface area contributed by atoms with Gasteiger partial charge >= 0.3 is 0 Å². The van der Waals surface area contributed by atoms with Crippen LogP contribution < -0.4 is 10.6 Å². The van der Waals surface area contributed by atoms with Crippen LogP contribution in [0.4, 0.5) is 19.1 Å². The zero-order valence-electron chi connectivity index (χ0n) is 18.2. The minimum Gasteiger partial charge on any atom is -0.350 e. The largest absolute Gasteiger partial charge is 0.350 e. The maximum absolute atomic E-state index is 14.8. The molecule has 10 heteroatoms. The number of benzene rings is 2. The molecule has 0 radical (unpaired) electrons. The second-order valence-electron chi connectivity index (χ2n) is 8.36. The zero-order valence-corrected chi connectivity index (χ0v) is 18.9. The summed E-state index contributed by atoms with van der Waals surface area (Å²) < 4.78 is 43.4. The fourth-order valence-electron chi connectivity index (χ4n) is 4.25. The fraction of sp³-hybridized carbons (Fsp3) is 0.292. The summed E-state index contributed by atoms with van der Waals surface area (Å²) in [6.07, 6.45) is 3.65. The lowest BCUT2D eigenvalue weighted by Gasteiger charge is -2.24. The van der Waals surface area contributed by atoms with Crippen molar-refractivity contribution in [2.75, 3.05) is 18.4 Å². The molecule has 1 atom stereocenters. The molecular formula is C24H22ClF3N6. The summed E-state index contributed by atoms with van der Waals surface area (Å²) in [5.74, 6) is -1.26. The summed E-state index contributed by atoms with van der Waals surface area (Å²) >= 11 is 6.37. The SMILES string of the molecule is Fc1ccc(CNc2ncc3nc(-c4c(F)cccc4Cl)n(C[C@@H]4CCCNC4)c3n2)cc1F. The van der Waals surface area contributed by atoms with Gasteiger partial charge in [-0.15, -0.1) is 0 Å². The molecule has 34 heavy (non-hydrogen) atoms. The molecule has 0 amide bonds. The van der Waals surface area contributed by atoms with Gasteiger partial charge in [0.05, 0.1) is 16.8 Å². The van der Waals surface area contributed by atoms with Gasteiger partial charge in [-0.05, 0) is 61.7 Å². The van der Waals surface area contributed by atoms with Gasteiger partial charge in [-0.25, -0.2) is 23.1 Å². The monoisotopic (exact) mass is 486 g/mol. The first kappa shape index (κ1) is 22.6. The van der Waals surface area contributed by atoms with E-state index in [1.54, 1.807) is 18.3 Å².